The predicted molar refractivity (Wildman–Crippen MR) is 67.5 cm³/mol. The minimum atomic E-state index is -0.358. The molecule has 0 aliphatic carbocycles. The summed E-state index contributed by atoms with van der Waals surface area (Å²) in [5, 5.41) is 0. The maximum absolute atomic E-state index is 14.1. The first kappa shape index (κ1) is 11.5. The fraction of sp³-hybridized carbons (Fsp3) is 0.143. The van der Waals surface area contributed by atoms with E-state index < -0.39 is 0 Å². The molecule has 0 amide bonds. The molecule has 0 spiro atoms. The smallest absolute Gasteiger partial charge is 0.172 e. The molecule has 0 unspecified atom stereocenters. The highest BCUT2D eigenvalue weighted by Crippen LogP contribution is 2.31. The quantitative estimate of drug-likeness (QED) is 0.804. The Hall–Kier alpha value is -2.03. The van der Waals surface area contributed by atoms with Crippen LogP contribution in [-0.4, -0.2) is 7.11 Å². The number of halogens is 1. The number of ether oxygens (including phenoxy) is 1. The van der Waals surface area contributed by atoms with Crippen molar-refractivity contribution in [1.82, 2.24) is 0 Å². The summed E-state index contributed by atoms with van der Waals surface area (Å²) < 4.78 is 19.1. The monoisotopic (exact) mass is 231 g/mol. The molecule has 0 fully saturated rings. The van der Waals surface area contributed by atoms with Crippen molar-refractivity contribution < 1.29 is 9.13 Å². The second-order valence-electron chi connectivity index (χ2n) is 3.90. The number of nitrogens with two attached hydrogens (primary N) is 1. The number of methoxy groups -OCH3 is 1. The summed E-state index contributed by atoms with van der Waals surface area (Å²) in [5.41, 5.74) is 8.63. The number of anilines is 1. The maximum atomic E-state index is 14.1. The second kappa shape index (κ2) is 4.45. The number of hydrogen-bond donors (Lipinski definition) is 1. The third-order valence-corrected chi connectivity index (χ3v) is 2.74. The van der Waals surface area contributed by atoms with E-state index in [1.807, 2.05) is 13.0 Å². The first-order chi connectivity index (χ1) is 8.13. The van der Waals surface area contributed by atoms with Gasteiger partial charge >= 0.3 is 0 Å². The lowest BCUT2D eigenvalue weighted by Crippen LogP contribution is -1.94. The highest BCUT2D eigenvalue weighted by atomic mass is 19.1. The van der Waals surface area contributed by atoms with Gasteiger partial charge in [-0.15, -0.1) is 0 Å². The van der Waals surface area contributed by atoms with Gasteiger partial charge < -0.3 is 10.5 Å². The summed E-state index contributed by atoms with van der Waals surface area (Å²) in [5.74, 6) is -0.118. The number of nitrogen functional groups attached to an aromatic ring is 1. The number of hydrogen-bond acceptors (Lipinski definition) is 2. The van der Waals surface area contributed by atoms with Crippen molar-refractivity contribution >= 4 is 5.69 Å². The maximum Gasteiger partial charge on any atom is 0.172 e. The van der Waals surface area contributed by atoms with Crippen LogP contribution in [-0.2, 0) is 0 Å². The van der Waals surface area contributed by atoms with Crippen molar-refractivity contribution in [2.24, 2.45) is 0 Å². The molecule has 17 heavy (non-hydrogen) atoms. The molecular formula is C14H14FNO. The lowest BCUT2D eigenvalue weighted by Gasteiger charge is -2.10. The zero-order chi connectivity index (χ0) is 12.4. The molecule has 0 bridgehead atoms. The van der Waals surface area contributed by atoms with Gasteiger partial charge in [0.25, 0.3) is 0 Å². The molecule has 0 saturated heterocycles. The highest BCUT2D eigenvalue weighted by Gasteiger charge is 2.12. The molecule has 2 aromatic carbocycles. The van der Waals surface area contributed by atoms with Gasteiger partial charge in [-0.2, -0.15) is 0 Å². The summed E-state index contributed by atoms with van der Waals surface area (Å²) in [6, 6.07) is 10.5. The van der Waals surface area contributed by atoms with Gasteiger partial charge in [-0.05, 0) is 36.2 Å². The normalized spacial score (nSPS) is 10.3. The molecule has 0 heterocycles. The zero-order valence-electron chi connectivity index (χ0n) is 9.83. The van der Waals surface area contributed by atoms with Gasteiger partial charge in [0.15, 0.2) is 11.6 Å². The van der Waals surface area contributed by atoms with E-state index in [0.29, 0.717) is 11.3 Å². The Labute approximate surface area is 99.8 Å². The van der Waals surface area contributed by atoms with Gasteiger partial charge in [-0.25, -0.2) is 4.39 Å². The van der Waals surface area contributed by atoms with E-state index >= 15 is 0 Å². The van der Waals surface area contributed by atoms with Crippen LogP contribution in [0.5, 0.6) is 5.75 Å². The molecule has 0 aliphatic rings. The Morgan fingerprint density at radius 1 is 1.12 bits per heavy atom. The highest BCUT2D eigenvalue weighted by molar-refractivity contribution is 5.72. The van der Waals surface area contributed by atoms with Crippen LogP contribution in [0.2, 0.25) is 0 Å². The SMILES string of the molecule is COc1cccc(-c2cc(N)ccc2C)c1F. The summed E-state index contributed by atoms with van der Waals surface area (Å²) in [7, 11) is 1.45. The molecule has 0 atom stereocenters. The van der Waals surface area contributed by atoms with E-state index in [1.165, 1.54) is 7.11 Å². The van der Waals surface area contributed by atoms with E-state index in [-0.39, 0.29) is 11.6 Å². The number of benzene rings is 2. The molecule has 0 aromatic heterocycles. The van der Waals surface area contributed by atoms with Crippen LogP contribution in [0.4, 0.5) is 10.1 Å². The third kappa shape index (κ3) is 2.09. The molecule has 88 valence electrons. The Balaban J connectivity index is 2.64. The molecule has 2 rings (SSSR count). The Morgan fingerprint density at radius 2 is 1.88 bits per heavy atom. The largest absolute Gasteiger partial charge is 0.494 e. The van der Waals surface area contributed by atoms with Gasteiger partial charge in [0.1, 0.15) is 0 Å². The lowest BCUT2D eigenvalue weighted by atomic mass is 9.99. The molecule has 0 radical (unpaired) electrons. The first-order valence-electron chi connectivity index (χ1n) is 5.32. The van der Waals surface area contributed by atoms with Crippen molar-refractivity contribution in [3.05, 3.63) is 47.8 Å². The Kier molecular flexibility index (Phi) is 3.00. The van der Waals surface area contributed by atoms with E-state index in [9.17, 15) is 4.39 Å². The molecule has 2 N–H and O–H groups in total. The van der Waals surface area contributed by atoms with E-state index in [1.54, 1.807) is 30.3 Å². The zero-order valence-corrected chi connectivity index (χ0v) is 9.83. The van der Waals surface area contributed by atoms with Crippen LogP contribution >= 0.6 is 0 Å². The van der Waals surface area contributed by atoms with Crippen molar-refractivity contribution in [3.8, 4) is 16.9 Å². The summed E-state index contributed by atoms with van der Waals surface area (Å²) in [6.45, 7) is 1.92. The molecule has 2 nitrogen and oxygen atoms in total. The summed E-state index contributed by atoms with van der Waals surface area (Å²) >= 11 is 0. The minimum Gasteiger partial charge on any atom is -0.494 e. The van der Waals surface area contributed by atoms with E-state index in [2.05, 4.69) is 0 Å². The van der Waals surface area contributed by atoms with Gasteiger partial charge in [-0.1, -0.05) is 18.2 Å². The molecule has 2 aromatic rings. The second-order valence-corrected chi connectivity index (χ2v) is 3.90. The molecule has 0 aliphatic heterocycles. The van der Waals surface area contributed by atoms with Crippen LogP contribution in [0.1, 0.15) is 5.56 Å². The van der Waals surface area contributed by atoms with Crippen molar-refractivity contribution in [2.45, 2.75) is 6.92 Å². The summed E-state index contributed by atoms with van der Waals surface area (Å²) in [4.78, 5) is 0. The first-order valence-corrected chi connectivity index (χ1v) is 5.32. The van der Waals surface area contributed by atoms with Crippen LogP contribution < -0.4 is 10.5 Å². The minimum absolute atomic E-state index is 0.240. The van der Waals surface area contributed by atoms with E-state index in [4.69, 9.17) is 10.5 Å². The molecule has 3 heteroatoms. The van der Waals surface area contributed by atoms with Crippen molar-refractivity contribution in [1.29, 1.82) is 0 Å². The fourth-order valence-electron chi connectivity index (χ4n) is 1.81. The average Bonchev–Trinajstić information content (AvgIpc) is 2.33. The summed E-state index contributed by atoms with van der Waals surface area (Å²) in [6.07, 6.45) is 0. The topological polar surface area (TPSA) is 35.2 Å². The van der Waals surface area contributed by atoms with Gasteiger partial charge in [0.05, 0.1) is 7.11 Å². The Morgan fingerprint density at radius 3 is 2.59 bits per heavy atom. The molecule has 0 saturated carbocycles. The van der Waals surface area contributed by atoms with Crippen LogP contribution in [0.3, 0.4) is 0 Å². The van der Waals surface area contributed by atoms with Crippen LogP contribution in [0, 0.1) is 12.7 Å². The fourth-order valence-corrected chi connectivity index (χ4v) is 1.81. The number of rotatable bonds is 2. The lowest BCUT2D eigenvalue weighted by molar-refractivity contribution is 0.387. The predicted octanol–water partition coefficient (Wildman–Crippen LogP) is 3.39. The van der Waals surface area contributed by atoms with Gasteiger partial charge in [-0.3, -0.25) is 0 Å². The van der Waals surface area contributed by atoms with Gasteiger partial charge in [0, 0.05) is 11.3 Å². The van der Waals surface area contributed by atoms with E-state index in [0.717, 1.165) is 11.1 Å². The van der Waals surface area contributed by atoms with Gasteiger partial charge in [0.2, 0.25) is 0 Å². The van der Waals surface area contributed by atoms with Crippen molar-refractivity contribution in [2.75, 3.05) is 12.8 Å². The third-order valence-electron chi connectivity index (χ3n) is 2.74. The standard InChI is InChI=1S/C14H14FNO/c1-9-6-7-10(16)8-12(9)11-4-3-5-13(17-2)14(11)15/h3-8H,16H2,1-2H3. The molecular weight excluding hydrogens is 217 g/mol. The van der Waals surface area contributed by atoms with Crippen LogP contribution in [0.25, 0.3) is 11.1 Å². The van der Waals surface area contributed by atoms with Crippen molar-refractivity contribution in [3.63, 3.8) is 0 Å². The Bertz CT molecular complexity index is 552. The number of aryl methyl sites for hydroxylation is 1. The van der Waals surface area contributed by atoms with Crippen LogP contribution in [0.15, 0.2) is 36.4 Å². The average molecular weight is 231 g/mol.